The first-order valence-electron chi connectivity index (χ1n) is 8.17. The van der Waals surface area contributed by atoms with Gasteiger partial charge in [0.25, 0.3) is 5.91 Å². The van der Waals surface area contributed by atoms with Crippen LogP contribution in [0.4, 0.5) is 5.69 Å². The smallest absolute Gasteiger partial charge is 0.253 e. The molecule has 9 heteroatoms. The summed E-state index contributed by atoms with van der Waals surface area (Å²) in [4.78, 5) is 24.3. The number of hydrogen-bond donors (Lipinski definition) is 3. The number of para-hydroxylation sites is 1. The number of nitrogens with one attached hydrogen (secondary N) is 3. The Hall–Kier alpha value is -2.42. The van der Waals surface area contributed by atoms with Gasteiger partial charge in [-0.3, -0.25) is 9.59 Å². The Morgan fingerprint density at radius 2 is 1.81 bits per heavy atom. The number of sulfonamides is 1. The topological polar surface area (TPSA) is 104 Å². The quantitative estimate of drug-likeness (QED) is 0.651. The summed E-state index contributed by atoms with van der Waals surface area (Å²) in [6.45, 7) is 1.69. The molecular formula is C18H20ClN3O4S. The predicted octanol–water partition coefficient (Wildman–Crippen LogP) is 2.18. The minimum Gasteiger partial charge on any atom is -0.343 e. The van der Waals surface area contributed by atoms with Crippen molar-refractivity contribution < 1.29 is 18.0 Å². The molecule has 0 unspecified atom stereocenters. The molecule has 0 aliphatic rings. The van der Waals surface area contributed by atoms with Gasteiger partial charge in [0.15, 0.2) is 0 Å². The summed E-state index contributed by atoms with van der Waals surface area (Å²) in [6.07, 6.45) is 0.755. The predicted molar refractivity (Wildman–Crippen MR) is 104 cm³/mol. The fraction of sp³-hybridized carbons (Fsp3) is 0.222. The number of amides is 2. The van der Waals surface area contributed by atoms with Crippen LogP contribution in [-0.2, 0) is 21.2 Å². The highest BCUT2D eigenvalue weighted by molar-refractivity contribution is 7.89. The molecule has 3 N–H and O–H groups in total. The number of hydrogen-bond acceptors (Lipinski definition) is 4. The zero-order chi connectivity index (χ0) is 20.0. The van der Waals surface area contributed by atoms with E-state index < -0.39 is 21.8 Å². The highest BCUT2D eigenvalue weighted by atomic mass is 35.5. The van der Waals surface area contributed by atoms with Crippen molar-refractivity contribution in [2.24, 2.45) is 0 Å². The largest absolute Gasteiger partial charge is 0.343 e. The van der Waals surface area contributed by atoms with Gasteiger partial charge < -0.3 is 10.6 Å². The zero-order valence-corrected chi connectivity index (χ0v) is 16.4. The van der Waals surface area contributed by atoms with Gasteiger partial charge in [-0.15, -0.1) is 0 Å². The maximum atomic E-state index is 12.3. The minimum absolute atomic E-state index is 0.0326. The summed E-state index contributed by atoms with van der Waals surface area (Å²) in [5.74, 6) is -1.05. The molecule has 0 aromatic heterocycles. The van der Waals surface area contributed by atoms with Crippen molar-refractivity contribution in [2.75, 3.05) is 18.9 Å². The molecule has 0 heterocycles. The highest BCUT2D eigenvalue weighted by Gasteiger charge is 2.18. The van der Waals surface area contributed by atoms with Gasteiger partial charge in [0.1, 0.15) is 0 Å². The summed E-state index contributed by atoms with van der Waals surface area (Å²) in [6, 6.07) is 11.1. The minimum atomic E-state index is -3.72. The molecular weight excluding hydrogens is 390 g/mol. The van der Waals surface area contributed by atoms with Crippen molar-refractivity contribution in [3.05, 3.63) is 58.6 Å². The fourth-order valence-corrected chi connectivity index (χ4v) is 3.32. The lowest BCUT2D eigenvalue weighted by Gasteiger charge is -2.11. The van der Waals surface area contributed by atoms with Crippen molar-refractivity contribution in [1.29, 1.82) is 0 Å². The van der Waals surface area contributed by atoms with E-state index >= 15 is 0 Å². The van der Waals surface area contributed by atoms with E-state index in [2.05, 4.69) is 15.4 Å². The van der Waals surface area contributed by atoms with E-state index in [1.165, 1.54) is 19.2 Å². The number of halogens is 1. The van der Waals surface area contributed by atoms with Crippen LogP contribution >= 0.6 is 11.6 Å². The van der Waals surface area contributed by atoms with Crippen molar-refractivity contribution in [3.8, 4) is 0 Å². The maximum Gasteiger partial charge on any atom is 0.253 e. The molecule has 0 bridgehead atoms. The van der Waals surface area contributed by atoms with E-state index in [1.807, 2.05) is 19.1 Å². The third-order valence-corrected chi connectivity index (χ3v) is 5.58. The Labute approximate surface area is 163 Å². The third kappa shape index (κ3) is 5.29. The lowest BCUT2D eigenvalue weighted by Crippen LogP contribution is -2.33. The monoisotopic (exact) mass is 409 g/mol. The van der Waals surface area contributed by atoms with Crippen molar-refractivity contribution in [3.63, 3.8) is 0 Å². The number of benzene rings is 2. The molecule has 0 aliphatic carbocycles. The van der Waals surface area contributed by atoms with Gasteiger partial charge in [-0.1, -0.05) is 36.7 Å². The number of carbonyl (C=O) groups is 2. The number of rotatable bonds is 7. The van der Waals surface area contributed by atoms with E-state index in [1.54, 1.807) is 12.1 Å². The van der Waals surface area contributed by atoms with Crippen LogP contribution in [0.5, 0.6) is 0 Å². The average Bonchev–Trinajstić information content (AvgIpc) is 2.66. The second-order valence-electron chi connectivity index (χ2n) is 5.59. The van der Waals surface area contributed by atoms with Crippen LogP contribution in [0.3, 0.4) is 0 Å². The maximum absolute atomic E-state index is 12.3. The van der Waals surface area contributed by atoms with Crippen molar-refractivity contribution in [2.45, 2.75) is 18.2 Å². The molecule has 0 saturated carbocycles. The van der Waals surface area contributed by atoms with Crippen LogP contribution in [0.25, 0.3) is 0 Å². The van der Waals surface area contributed by atoms with Gasteiger partial charge in [0.05, 0.1) is 22.0 Å². The van der Waals surface area contributed by atoms with E-state index in [0.717, 1.165) is 18.1 Å². The number of carbonyl (C=O) groups excluding carboxylic acids is 2. The molecule has 0 saturated heterocycles. The van der Waals surface area contributed by atoms with Crippen LogP contribution in [0.2, 0.25) is 5.02 Å². The Kier molecular flexibility index (Phi) is 6.95. The Morgan fingerprint density at radius 1 is 1.11 bits per heavy atom. The summed E-state index contributed by atoms with van der Waals surface area (Å²) in [7, 11) is -2.45. The van der Waals surface area contributed by atoms with Gasteiger partial charge in [-0.2, -0.15) is 0 Å². The molecule has 0 radical (unpaired) electrons. The van der Waals surface area contributed by atoms with E-state index in [4.69, 9.17) is 11.6 Å². The molecule has 27 heavy (non-hydrogen) atoms. The van der Waals surface area contributed by atoms with E-state index in [0.29, 0.717) is 5.69 Å². The third-order valence-electron chi connectivity index (χ3n) is 3.84. The lowest BCUT2D eigenvalue weighted by atomic mass is 10.1. The molecule has 2 amide bonds. The molecule has 0 spiro atoms. The summed E-state index contributed by atoms with van der Waals surface area (Å²) >= 11 is 5.99. The molecule has 0 atom stereocenters. The number of aryl methyl sites for hydroxylation is 1. The molecule has 2 rings (SSSR count). The normalized spacial score (nSPS) is 11.1. The second-order valence-corrected chi connectivity index (χ2v) is 7.88. The summed E-state index contributed by atoms with van der Waals surface area (Å²) in [5.41, 5.74) is 1.62. The Balaban J connectivity index is 2.07. The highest BCUT2D eigenvalue weighted by Crippen LogP contribution is 2.20. The first kappa shape index (κ1) is 20.9. The van der Waals surface area contributed by atoms with Gasteiger partial charge in [0, 0.05) is 5.69 Å². The van der Waals surface area contributed by atoms with E-state index in [-0.39, 0.29) is 22.0 Å². The van der Waals surface area contributed by atoms with Crippen LogP contribution < -0.4 is 15.4 Å². The molecule has 0 aliphatic heterocycles. The standard InChI is InChI=1S/C18H20ClN3O4S/c1-3-12-6-4-5-7-16(12)22-17(23)11-21-18(24)14-10-13(8-9-15(14)19)27(25,26)20-2/h4-10,20H,3,11H2,1-2H3,(H,21,24)(H,22,23). The van der Waals surface area contributed by atoms with Crippen LogP contribution in [0.15, 0.2) is 47.4 Å². The van der Waals surface area contributed by atoms with Gasteiger partial charge >= 0.3 is 0 Å². The van der Waals surface area contributed by atoms with Gasteiger partial charge in [-0.25, -0.2) is 13.1 Å². The van der Waals surface area contributed by atoms with Crippen molar-refractivity contribution >= 4 is 39.1 Å². The summed E-state index contributed by atoms with van der Waals surface area (Å²) < 4.78 is 25.9. The van der Waals surface area contributed by atoms with Gasteiger partial charge in [0.2, 0.25) is 15.9 Å². The number of anilines is 1. The lowest BCUT2D eigenvalue weighted by molar-refractivity contribution is -0.115. The first-order valence-corrected chi connectivity index (χ1v) is 10.0. The Bertz CT molecular complexity index is 961. The first-order chi connectivity index (χ1) is 12.8. The van der Waals surface area contributed by atoms with Crippen molar-refractivity contribution in [1.82, 2.24) is 10.0 Å². The van der Waals surface area contributed by atoms with Crippen LogP contribution in [0.1, 0.15) is 22.8 Å². The zero-order valence-electron chi connectivity index (χ0n) is 14.9. The molecule has 2 aromatic carbocycles. The van der Waals surface area contributed by atoms with Crippen LogP contribution in [-0.4, -0.2) is 33.8 Å². The fourth-order valence-electron chi connectivity index (χ4n) is 2.36. The molecule has 0 fully saturated rings. The van der Waals surface area contributed by atoms with Crippen LogP contribution in [0, 0.1) is 0 Å². The Morgan fingerprint density at radius 3 is 2.48 bits per heavy atom. The average molecular weight is 410 g/mol. The molecule has 144 valence electrons. The SMILES string of the molecule is CCc1ccccc1NC(=O)CNC(=O)c1cc(S(=O)(=O)NC)ccc1Cl. The van der Waals surface area contributed by atoms with E-state index in [9.17, 15) is 18.0 Å². The second kappa shape index (κ2) is 8.98. The summed E-state index contributed by atoms with van der Waals surface area (Å²) in [5, 5.41) is 5.26. The van der Waals surface area contributed by atoms with Gasteiger partial charge in [-0.05, 0) is 43.3 Å². The molecule has 7 nitrogen and oxygen atoms in total. The molecule has 2 aromatic rings.